The van der Waals surface area contributed by atoms with Crippen LogP contribution in [0.1, 0.15) is 24.8 Å². The van der Waals surface area contributed by atoms with Crippen molar-refractivity contribution in [1.29, 1.82) is 0 Å². The SMILES string of the molecule is CN(CC1CCCCO1)c1ccc(CBr)cc1F. The molecule has 1 aromatic rings. The first kappa shape index (κ1) is 13.8. The highest BCUT2D eigenvalue weighted by molar-refractivity contribution is 9.08. The standard InChI is InChI=1S/C14H19BrFNO/c1-17(10-12-4-2-3-7-18-12)14-6-5-11(9-15)8-13(14)16/h5-6,8,12H,2-4,7,9-10H2,1H3. The summed E-state index contributed by atoms with van der Waals surface area (Å²) in [6.45, 7) is 1.59. The maximum atomic E-state index is 13.9. The lowest BCUT2D eigenvalue weighted by Crippen LogP contribution is -2.33. The molecule has 2 rings (SSSR count). The van der Waals surface area contributed by atoms with E-state index in [0.29, 0.717) is 11.0 Å². The van der Waals surface area contributed by atoms with Crippen molar-refractivity contribution in [2.45, 2.75) is 30.7 Å². The molecule has 0 saturated carbocycles. The molecule has 1 fully saturated rings. The number of hydrogen-bond acceptors (Lipinski definition) is 2. The van der Waals surface area contributed by atoms with Gasteiger partial charge in [0.05, 0.1) is 11.8 Å². The molecule has 1 aromatic carbocycles. The molecule has 1 aliphatic rings. The zero-order valence-electron chi connectivity index (χ0n) is 10.7. The Morgan fingerprint density at radius 3 is 2.89 bits per heavy atom. The average Bonchev–Trinajstić information content (AvgIpc) is 2.39. The van der Waals surface area contributed by atoms with Gasteiger partial charge in [-0.25, -0.2) is 4.39 Å². The third-order valence-electron chi connectivity index (χ3n) is 3.33. The number of likely N-dealkylation sites (N-methyl/N-ethyl adjacent to an activating group) is 1. The molecule has 0 bridgehead atoms. The number of alkyl halides is 1. The lowest BCUT2D eigenvalue weighted by molar-refractivity contribution is 0.0215. The zero-order valence-corrected chi connectivity index (χ0v) is 12.2. The summed E-state index contributed by atoms with van der Waals surface area (Å²) in [5.74, 6) is -0.162. The van der Waals surface area contributed by atoms with Gasteiger partial charge in [-0.05, 0) is 37.0 Å². The van der Waals surface area contributed by atoms with E-state index in [2.05, 4.69) is 15.9 Å². The maximum absolute atomic E-state index is 13.9. The van der Waals surface area contributed by atoms with E-state index in [-0.39, 0.29) is 11.9 Å². The van der Waals surface area contributed by atoms with Gasteiger partial charge in [-0.15, -0.1) is 0 Å². The maximum Gasteiger partial charge on any atom is 0.146 e. The van der Waals surface area contributed by atoms with Gasteiger partial charge in [-0.2, -0.15) is 0 Å². The summed E-state index contributed by atoms with van der Waals surface area (Å²) in [4.78, 5) is 1.95. The fourth-order valence-corrected chi connectivity index (χ4v) is 2.65. The first-order valence-corrected chi connectivity index (χ1v) is 7.50. The van der Waals surface area contributed by atoms with Crippen molar-refractivity contribution in [2.75, 3.05) is 25.1 Å². The van der Waals surface area contributed by atoms with Crippen LogP contribution in [0.15, 0.2) is 18.2 Å². The van der Waals surface area contributed by atoms with E-state index in [1.165, 1.54) is 6.42 Å². The van der Waals surface area contributed by atoms with Crippen molar-refractivity contribution in [3.8, 4) is 0 Å². The molecular formula is C14H19BrFNO. The van der Waals surface area contributed by atoms with Crippen LogP contribution < -0.4 is 4.90 Å². The number of halogens is 2. The summed E-state index contributed by atoms with van der Waals surface area (Å²) in [7, 11) is 1.92. The third-order valence-corrected chi connectivity index (χ3v) is 3.98. The fraction of sp³-hybridized carbons (Fsp3) is 0.571. The van der Waals surface area contributed by atoms with Gasteiger partial charge < -0.3 is 9.64 Å². The molecule has 1 heterocycles. The van der Waals surface area contributed by atoms with Crippen LogP contribution in [0.4, 0.5) is 10.1 Å². The van der Waals surface area contributed by atoms with Crippen molar-refractivity contribution >= 4 is 21.6 Å². The molecule has 0 amide bonds. The second-order valence-electron chi connectivity index (χ2n) is 4.79. The highest BCUT2D eigenvalue weighted by Gasteiger charge is 2.17. The molecule has 0 aromatic heterocycles. The Morgan fingerprint density at radius 2 is 2.28 bits per heavy atom. The second-order valence-corrected chi connectivity index (χ2v) is 5.35. The highest BCUT2D eigenvalue weighted by atomic mass is 79.9. The molecule has 4 heteroatoms. The Kier molecular flexibility index (Phi) is 5.01. The van der Waals surface area contributed by atoms with E-state index in [0.717, 1.165) is 31.6 Å². The fourth-order valence-electron chi connectivity index (χ4n) is 2.30. The minimum atomic E-state index is -0.162. The van der Waals surface area contributed by atoms with Crippen LogP contribution in [0.2, 0.25) is 0 Å². The van der Waals surface area contributed by atoms with Crippen molar-refractivity contribution in [3.63, 3.8) is 0 Å². The van der Waals surface area contributed by atoms with Crippen molar-refractivity contribution < 1.29 is 9.13 Å². The molecule has 1 saturated heterocycles. The first-order valence-electron chi connectivity index (χ1n) is 6.38. The van der Waals surface area contributed by atoms with Crippen LogP contribution in [0, 0.1) is 5.82 Å². The van der Waals surface area contributed by atoms with Crippen LogP contribution >= 0.6 is 15.9 Å². The number of benzene rings is 1. The Bertz CT molecular complexity index is 393. The molecule has 100 valence electrons. The summed E-state index contributed by atoms with van der Waals surface area (Å²) < 4.78 is 19.6. The van der Waals surface area contributed by atoms with Gasteiger partial charge in [0, 0.05) is 25.5 Å². The molecule has 1 unspecified atom stereocenters. The largest absolute Gasteiger partial charge is 0.376 e. The molecule has 0 radical (unpaired) electrons. The van der Waals surface area contributed by atoms with E-state index in [1.54, 1.807) is 6.07 Å². The average molecular weight is 316 g/mol. The van der Waals surface area contributed by atoms with Gasteiger partial charge in [-0.1, -0.05) is 22.0 Å². The summed E-state index contributed by atoms with van der Waals surface area (Å²) in [6.07, 6.45) is 3.67. The molecule has 0 aliphatic carbocycles. The quantitative estimate of drug-likeness (QED) is 0.785. The number of anilines is 1. The van der Waals surface area contributed by atoms with Gasteiger partial charge >= 0.3 is 0 Å². The topological polar surface area (TPSA) is 12.5 Å². The van der Waals surface area contributed by atoms with E-state index in [9.17, 15) is 4.39 Å². The molecule has 0 N–H and O–H groups in total. The van der Waals surface area contributed by atoms with Crippen molar-refractivity contribution in [1.82, 2.24) is 0 Å². The summed E-state index contributed by atoms with van der Waals surface area (Å²) in [6, 6.07) is 5.38. The van der Waals surface area contributed by atoms with Gasteiger partial charge in [0.1, 0.15) is 5.82 Å². The summed E-state index contributed by atoms with van der Waals surface area (Å²) in [5, 5.41) is 0.680. The van der Waals surface area contributed by atoms with Crippen LogP contribution in [-0.2, 0) is 10.1 Å². The number of hydrogen-bond donors (Lipinski definition) is 0. The van der Waals surface area contributed by atoms with Gasteiger partial charge in [0.15, 0.2) is 0 Å². The number of ether oxygens (including phenoxy) is 1. The number of nitrogens with zero attached hydrogens (tertiary/aromatic N) is 1. The molecule has 18 heavy (non-hydrogen) atoms. The van der Waals surface area contributed by atoms with E-state index in [1.807, 2.05) is 24.1 Å². The van der Waals surface area contributed by atoms with Crippen LogP contribution in [-0.4, -0.2) is 26.3 Å². The summed E-state index contributed by atoms with van der Waals surface area (Å²) >= 11 is 3.33. The second kappa shape index (κ2) is 6.53. The zero-order chi connectivity index (χ0) is 13.0. The first-order chi connectivity index (χ1) is 8.70. The lowest BCUT2D eigenvalue weighted by Gasteiger charge is -2.29. The number of rotatable bonds is 4. The van der Waals surface area contributed by atoms with Crippen LogP contribution in [0.25, 0.3) is 0 Å². The van der Waals surface area contributed by atoms with Gasteiger partial charge in [0.2, 0.25) is 0 Å². The van der Waals surface area contributed by atoms with Crippen LogP contribution in [0.5, 0.6) is 0 Å². The molecule has 2 nitrogen and oxygen atoms in total. The van der Waals surface area contributed by atoms with E-state index < -0.39 is 0 Å². The normalized spacial score (nSPS) is 19.8. The monoisotopic (exact) mass is 315 g/mol. The van der Waals surface area contributed by atoms with Crippen LogP contribution in [0.3, 0.4) is 0 Å². The predicted molar refractivity (Wildman–Crippen MR) is 75.9 cm³/mol. The minimum Gasteiger partial charge on any atom is -0.376 e. The van der Waals surface area contributed by atoms with Gasteiger partial charge in [-0.3, -0.25) is 0 Å². The van der Waals surface area contributed by atoms with Crippen molar-refractivity contribution in [3.05, 3.63) is 29.6 Å². The van der Waals surface area contributed by atoms with Gasteiger partial charge in [0.25, 0.3) is 0 Å². The predicted octanol–water partition coefficient (Wildman–Crippen LogP) is 3.73. The Morgan fingerprint density at radius 1 is 1.44 bits per heavy atom. The minimum absolute atomic E-state index is 0.162. The van der Waals surface area contributed by atoms with Crippen molar-refractivity contribution in [2.24, 2.45) is 0 Å². The Balaban J connectivity index is 2.01. The Labute approximate surface area is 116 Å². The highest BCUT2D eigenvalue weighted by Crippen LogP contribution is 2.22. The smallest absolute Gasteiger partial charge is 0.146 e. The molecule has 1 aliphatic heterocycles. The third kappa shape index (κ3) is 3.45. The van der Waals surface area contributed by atoms with E-state index in [4.69, 9.17) is 4.74 Å². The Hall–Kier alpha value is -0.610. The lowest BCUT2D eigenvalue weighted by atomic mass is 10.1. The molecule has 1 atom stereocenters. The van der Waals surface area contributed by atoms with E-state index >= 15 is 0 Å². The summed E-state index contributed by atoms with van der Waals surface area (Å²) in [5.41, 5.74) is 1.60. The molecular weight excluding hydrogens is 297 g/mol. The molecule has 0 spiro atoms.